The number of nitrogens with zero attached hydrogens (tertiary/aromatic N) is 1. The van der Waals surface area contributed by atoms with Gasteiger partial charge < -0.3 is 15.0 Å². The third-order valence-electron chi connectivity index (χ3n) is 2.77. The van der Waals surface area contributed by atoms with Crippen LogP contribution in [0.4, 0.5) is 5.69 Å². The Morgan fingerprint density at radius 3 is 3.07 bits per heavy atom. The van der Waals surface area contributed by atoms with Gasteiger partial charge in [-0.2, -0.15) is 0 Å². The van der Waals surface area contributed by atoms with E-state index in [1.54, 1.807) is 22.9 Å². The Balaban J connectivity index is 2.11. The lowest BCUT2D eigenvalue weighted by Gasteiger charge is -2.13. The van der Waals surface area contributed by atoms with E-state index in [9.17, 15) is 4.79 Å². The molecule has 1 aromatic heterocycles. The number of aromatic nitrogens is 1. The van der Waals surface area contributed by atoms with Crippen molar-refractivity contribution in [2.45, 2.75) is 38.5 Å². The Morgan fingerprint density at radius 2 is 2.40 bits per heavy atom. The minimum Gasteiger partial charge on any atom is -0.394 e. The van der Waals surface area contributed by atoms with Gasteiger partial charge in [0.05, 0.1) is 24.4 Å². The van der Waals surface area contributed by atoms with Gasteiger partial charge in [0.15, 0.2) is 0 Å². The molecule has 0 aromatic carbocycles. The van der Waals surface area contributed by atoms with Crippen molar-refractivity contribution in [2.75, 3.05) is 5.73 Å². The normalized spacial score (nSPS) is 25.7. The maximum atomic E-state index is 11.6. The molecule has 2 heterocycles. The molecule has 0 saturated carbocycles. The number of hydrogen-bond donors (Lipinski definition) is 1. The lowest BCUT2D eigenvalue weighted by molar-refractivity contribution is 0.0452. The second-order valence-electron chi connectivity index (χ2n) is 4.07. The van der Waals surface area contributed by atoms with Crippen molar-refractivity contribution >= 4 is 5.69 Å². The SMILES string of the molecule is CC1CCC(Cn2cccc(N)c2=O)O1. The lowest BCUT2D eigenvalue weighted by atomic mass is 10.2. The second-order valence-corrected chi connectivity index (χ2v) is 4.07. The van der Waals surface area contributed by atoms with E-state index in [-0.39, 0.29) is 11.7 Å². The van der Waals surface area contributed by atoms with Crippen molar-refractivity contribution in [1.82, 2.24) is 4.57 Å². The van der Waals surface area contributed by atoms with Gasteiger partial charge in [0.1, 0.15) is 0 Å². The number of rotatable bonds is 2. The van der Waals surface area contributed by atoms with Crippen LogP contribution in [0.1, 0.15) is 19.8 Å². The van der Waals surface area contributed by atoms with Crippen LogP contribution in [-0.4, -0.2) is 16.8 Å². The number of hydrogen-bond acceptors (Lipinski definition) is 3. The smallest absolute Gasteiger partial charge is 0.273 e. The summed E-state index contributed by atoms with van der Waals surface area (Å²) in [5, 5.41) is 0. The molecule has 0 spiro atoms. The van der Waals surface area contributed by atoms with Crippen LogP contribution < -0.4 is 11.3 Å². The van der Waals surface area contributed by atoms with Crippen molar-refractivity contribution < 1.29 is 4.74 Å². The molecule has 82 valence electrons. The first-order valence-corrected chi connectivity index (χ1v) is 5.27. The van der Waals surface area contributed by atoms with Crippen molar-refractivity contribution in [3.63, 3.8) is 0 Å². The summed E-state index contributed by atoms with van der Waals surface area (Å²) >= 11 is 0. The van der Waals surface area contributed by atoms with Crippen molar-refractivity contribution in [3.05, 3.63) is 28.7 Å². The number of anilines is 1. The maximum absolute atomic E-state index is 11.6. The van der Waals surface area contributed by atoms with Crippen LogP contribution in [0.3, 0.4) is 0 Å². The standard InChI is InChI=1S/C11H16N2O2/c1-8-4-5-9(15-8)7-13-6-2-3-10(12)11(13)14/h2-3,6,8-9H,4-5,7,12H2,1H3. The molecule has 1 saturated heterocycles. The molecule has 15 heavy (non-hydrogen) atoms. The third-order valence-corrected chi connectivity index (χ3v) is 2.77. The molecule has 4 nitrogen and oxygen atoms in total. The summed E-state index contributed by atoms with van der Waals surface area (Å²) in [6, 6.07) is 3.41. The van der Waals surface area contributed by atoms with Crippen LogP contribution in [0.15, 0.2) is 23.1 Å². The van der Waals surface area contributed by atoms with Crippen LogP contribution in [0.5, 0.6) is 0 Å². The summed E-state index contributed by atoms with van der Waals surface area (Å²) < 4.78 is 7.28. The Hall–Kier alpha value is -1.29. The van der Waals surface area contributed by atoms with E-state index < -0.39 is 0 Å². The molecular weight excluding hydrogens is 192 g/mol. The van der Waals surface area contributed by atoms with Gasteiger partial charge in [-0.15, -0.1) is 0 Å². The van der Waals surface area contributed by atoms with Crippen LogP contribution in [-0.2, 0) is 11.3 Å². The van der Waals surface area contributed by atoms with Crippen molar-refractivity contribution in [1.29, 1.82) is 0 Å². The second kappa shape index (κ2) is 4.06. The quantitative estimate of drug-likeness (QED) is 0.788. The average Bonchev–Trinajstić information content (AvgIpc) is 2.59. The van der Waals surface area contributed by atoms with Gasteiger partial charge in [0.2, 0.25) is 0 Å². The molecule has 1 aliphatic rings. The first-order valence-electron chi connectivity index (χ1n) is 5.27. The summed E-state index contributed by atoms with van der Waals surface area (Å²) in [7, 11) is 0. The number of nitrogen functional groups attached to an aromatic ring is 1. The van der Waals surface area contributed by atoms with Gasteiger partial charge in [0.25, 0.3) is 5.56 Å². The molecule has 4 heteroatoms. The number of nitrogens with two attached hydrogens (primary N) is 1. The summed E-state index contributed by atoms with van der Waals surface area (Å²) in [6.45, 7) is 2.66. The highest BCUT2D eigenvalue weighted by Crippen LogP contribution is 2.19. The fourth-order valence-corrected chi connectivity index (χ4v) is 1.94. The molecule has 1 aromatic rings. The predicted octanol–water partition coefficient (Wildman–Crippen LogP) is 0.998. The van der Waals surface area contributed by atoms with Crippen molar-refractivity contribution in [2.24, 2.45) is 0 Å². The molecule has 2 N–H and O–H groups in total. The summed E-state index contributed by atoms with van der Waals surface area (Å²) in [5.41, 5.74) is 5.72. The van der Waals surface area contributed by atoms with Gasteiger partial charge in [-0.3, -0.25) is 4.79 Å². The molecular formula is C11H16N2O2. The highest BCUT2D eigenvalue weighted by atomic mass is 16.5. The zero-order valence-corrected chi connectivity index (χ0v) is 8.85. The molecule has 1 fully saturated rings. The van der Waals surface area contributed by atoms with Crippen LogP contribution >= 0.6 is 0 Å². The number of ether oxygens (including phenoxy) is 1. The van der Waals surface area contributed by atoms with Gasteiger partial charge in [-0.25, -0.2) is 0 Å². The monoisotopic (exact) mass is 208 g/mol. The highest BCUT2D eigenvalue weighted by molar-refractivity contribution is 5.33. The minimum absolute atomic E-state index is 0.124. The largest absolute Gasteiger partial charge is 0.394 e. The van der Waals surface area contributed by atoms with Crippen LogP contribution in [0.2, 0.25) is 0 Å². The fourth-order valence-electron chi connectivity index (χ4n) is 1.94. The average molecular weight is 208 g/mol. The molecule has 2 unspecified atom stereocenters. The van der Waals surface area contributed by atoms with Gasteiger partial charge >= 0.3 is 0 Å². The Kier molecular flexibility index (Phi) is 2.77. The zero-order valence-electron chi connectivity index (χ0n) is 8.85. The Labute approximate surface area is 88.7 Å². The van der Waals surface area contributed by atoms with E-state index in [4.69, 9.17) is 10.5 Å². The summed E-state index contributed by atoms with van der Waals surface area (Å²) in [5.74, 6) is 0. The zero-order chi connectivity index (χ0) is 10.8. The van der Waals surface area contributed by atoms with Gasteiger partial charge in [0, 0.05) is 6.20 Å². The van der Waals surface area contributed by atoms with Gasteiger partial charge in [-0.05, 0) is 31.9 Å². The van der Waals surface area contributed by atoms with E-state index in [1.165, 1.54) is 0 Å². The predicted molar refractivity (Wildman–Crippen MR) is 58.7 cm³/mol. The Bertz CT molecular complexity index is 400. The lowest BCUT2D eigenvalue weighted by Crippen LogP contribution is -2.27. The Morgan fingerprint density at radius 1 is 1.60 bits per heavy atom. The fraction of sp³-hybridized carbons (Fsp3) is 0.545. The van der Waals surface area contributed by atoms with E-state index in [0.717, 1.165) is 12.8 Å². The molecule has 1 aliphatic heterocycles. The molecule has 0 radical (unpaired) electrons. The molecule has 2 rings (SSSR count). The van der Waals surface area contributed by atoms with E-state index in [2.05, 4.69) is 6.92 Å². The summed E-state index contributed by atoms with van der Waals surface area (Å²) in [4.78, 5) is 11.6. The van der Waals surface area contributed by atoms with E-state index in [1.807, 2.05) is 0 Å². The van der Waals surface area contributed by atoms with Crippen LogP contribution in [0.25, 0.3) is 0 Å². The minimum atomic E-state index is -0.124. The van der Waals surface area contributed by atoms with Crippen molar-refractivity contribution in [3.8, 4) is 0 Å². The van der Waals surface area contributed by atoms with Crippen LogP contribution in [0, 0.1) is 0 Å². The maximum Gasteiger partial charge on any atom is 0.273 e. The first kappa shape index (κ1) is 10.2. The molecule has 0 bridgehead atoms. The molecule has 0 aliphatic carbocycles. The molecule has 2 atom stereocenters. The molecule has 0 amide bonds. The van der Waals surface area contributed by atoms with E-state index >= 15 is 0 Å². The number of pyridine rings is 1. The van der Waals surface area contributed by atoms with Gasteiger partial charge in [-0.1, -0.05) is 0 Å². The highest BCUT2D eigenvalue weighted by Gasteiger charge is 2.22. The van der Waals surface area contributed by atoms with E-state index in [0.29, 0.717) is 18.3 Å². The summed E-state index contributed by atoms with van der Waals surface area (Å²) in [6.07, 6.45) is 4.31. The first-order chi connectivity index (χ1) is 7.16. The third kappa shape index (κ3) is 2.21. The topological polar surface area (TPSA) is 57.2 Å².